The predicted molar refractivity (Wildman–Crippen MR) is 61.9 cm³/mol. The number of hydrogen-bond acceptors (Lipinski definition) is 2. The Morgan fingerprint density at radius 1 is 1.07 bits per heavy atom. The summed E-state index contributed by atoms with van der Waals surface area (Å²) in [6.07, 6.45) is 5.43. The van der Waals surface area contributed by atoms with Gasteiger partial charge in [0, 0.05) is 25.0 Å². The third kappa shape index (κ3) is 2.66. The molecule has 0 aromatic carbocycles. The molecular weight excluding hydrogens is 172 g/mol. The molecule has 0 atom stereocenters. The van der Waals surface area contributed by atoms with E-state index in [9.17, 15) is 0 Å². The van der Waals surface area contributed by atoms with Crippen molar-refractivity contribution in [3.05, 3.63) is 11.4 Å². The van der Waals surface area contributed by atoms with Gasteiger partial charge in [-0.2, -0.15) is 0 Å². The molecule has 0 aliphatic carbocycles. The van der Waals surface area contributed by atoms with Gasteiger partial charge in [0.15, 0.2) is 0 Å². The molecule has 1 heterocycles. The zero-order valence-electron chi connectivity index (χ0n) is 10.1. The summed E-state index contributed by atoms with van der Waals surface area (Å²) in [5.74, 6) is 0. The van der Waals surface area contributed by atoms with Crippen molar-refractivity contribution < 1.29 is 0 Å². The highest BCUT2D eigenvalue weighted by molar-refractivity contribution is 5.12. The Bertz CT molecular complexity index is 208. The van der Waals surface area contributed by atoms with Crippen LogP contribution in [0.2, 0.25) is 0 Å². The SMILES string of the molecule is CCCCCCN1CN(C)C(C)=C1C. The highest BCUT2D eigenvalue weighted by Gasteiger charge is 2.18. The van der Waals surface area contributed by atoms with E-state index in [1.807, 2.05) is 0 Å². The normalized spacial score (nSPS) is 17.1. The van der Waals surface area contributed by atoms with Gasteiger partial charge in [-0.1, -0.05) is 26.2 Å². The van der Waals surface area contributed by atoms with E-state index >= 15 is 0 Å². The van der Waals surface area contributed by atoms with Crippen LogP contribution in [0.5, 0.6) is 0 Å². The van der Waals surface area contributed by atoms with Gasteiger partial charge in [0.25, 0.3) is 0 Å². The number of rotatable bonds is 5. The van der Waals surface area contributed by atoms with Crippen molar-refractivity contribution in [1.29, 1.82) is 0 Å². The number of allylic oxidation sites excluding steroid dienone is 2. The van der Waals surface area contributed by atoms with Gasteiger partial charge in [0.2, 0.25) is 0 Å². The topological polar surface area (TPSA) is 6.48 Å². The maximum atomic E-state index is 2.49. The fourth-order valence-electron chi connectivity index (χ4n) is 1.94. The number of hydrogen-bond donors (Lipinski definition) is 0. The number of unbranched alkanes of at least 4 members (excludes halogenated alkanes) is 3. The average Bonchev–Trinajstić information content (AvgIpc) is 2.41. The van der Waals surface area contributed by atoms with Crippen molar-refractivity contribution in [2.75, 3.05) is 20.3 Å². The van der Waals surface area contributed by atoms with Crippen LogP contribution in [0.25, 0.3) is 0 Å². The highest BCUT2D eigenvalue weighted by atomic mass is 15.4. The second kappa shape index (κ2) is 5.28. The van der Waals surface area contributed by atoms with Crippen LogP contribution in [0, 0.1) is 0 Å². The zero-order chi connectivity index (χ0) is 10.6. The number of nitrogens with zero attached hydrogens (tertiary/aromatic N) is 2. The summed E-state index contributed by atoms with van der Waals surface area (Å²) in [6, 6.07) is 0. The molecule has 14 heavy (non-hydrogen) atoms. The van der Waals surface area contributed by atoms with E-state index in [2.05, 4.69) is 37.6 Å². The standard InChI is InChI=1S/C12H24N2/c1-5-6-7-8-9-14-10-13(4)11(2)12(14)3/h5-10H2,1-4H3. The van der Waals surface area contributed by atoms with Crippen LogP contribution in [-0.2, 0) is 0 Å². The summed E-state index contributed by atoms with van der Waals surface area (Å²) in [6.45, 7) is 9.02. The fraction of sp³-hybridized carbons (Fsp3) is 0.833. The van der Waals surface area contributed by atoms with Crippen LogP contribution >= 0.6 is 0 Å². The van der Waals surface area contributed by atoms with E-state index in [0.717, 1.165) is 6.67 Å². The molecule has 1 rings (SSSR count). The monoisotopic (exact) mass is 196 g/mol. The van der Waals surface area contributed by atoms with Gasteiger partial charge in [0.05, 0.1) is 6.67 Å². The Hall–Kier alpha value is -0.660. The summed E-state index contributed by atoms with van der Waals surface area (Å²) in [5, 5.41) is 0. The van der Waals surface area contributed by atoms with Crippen LogP contribution < -0.4 is 0 Å². The second-order valence-corrected chi connectivity index (χ2v) is 4.33. The summed E-state index contributed by atoms with van der Waals surface area (Å²) < 4.78 is 0. The maximum Gasteiger partial charge on any atom is 0.0895 e. The molecule has 0 aromatic heterocycles. The average molecular weight is 196 g/mol. The van der Waals surface area contributed by atoms with Gasteiger partial charge in [-0.3, -0.25) is 0 Å². The molecule has 0 aromatic rings. The van der Waals surface area contributed by atoms with Crippen molar-refractivity contribution >= 4 is 0 Å². The molecule has 2 nitrogen and oxygen atoms in total. The summed E-state index contributed by atoms with van der Waals surface area (Å²) >= 11 is 0. The lowest BCUT2D eigenvalue weighted by molar-refractivity contribution is 0.272. The summed E-state index contributed by atoms with van der Waals surface area (Å²) in [5.41, 5.74) is 2.89. The molecule has 0 saturated heterocycles. The van der Waals surface area contributed by atoms with E-state index in [1.54, 1.807) is 0 Å². The van der Waals surface area contributed by atoms with Gasteiger partial charge in [-0.15, -0.1) is 0 Å². The minimum atomic E-state index is 1.09. The minimum absolute atomic E-state index is 1.09. The Balaban J connectivity index is 2.27. The van der Waals surface area contributed by atoms with Crippen molar-refractivity contribution in [2.24, 2.45) is 0 Å². The first-order chi connectivity index (χ1) is 6.66. The lowest BCUT2D eigenvalue weighted by atomic mass is 10.2. The van der Waals surface area contributed by atoms with Crippen molar-refractivity contribution in [3.8, 4) is 0 Å². The van der Waals surface area contributed by atoms with Gasteiger partial charge in [-0.25, -0.2) is 0 Å². The first-order valence-corrected chi connectivity index (χ1v) is 5.80. The lowest BCUT2D eigenvalue weighted by Gasteiger charge is -2.20. The molecule has 0 fully saturated rings. The summed E-state index contributed by atoms with van der Waals surface area (Å²) in [7, 11) is 2.17. The quantitative estimate of drug-likeness (QED) is 0.624. The predicted octanol–water partition coefficient (Wildman–Crippen LogP) is 3.02. The molecule has 0 bridgehead atoms. The van der Waals surface area contributed by atoms with Crippen molar-refractivity contribution in [3.63, 3.8) is 0 Å². The molecule has 82 valence electrons. The molecule has 1 aliphatic heterocycles. The van der Waals surface area contributed by atoms with Gasteiger partial charge in [-0.05, 0) is 20.3 Å². The second-order valence-electron chi connectivity index (χ2n) is 4.33. The third-order valence-electron chi connectivity index (χ3n) is 3.23. The molecule has 0 unspecified atom stereocenters. The molecule has 2 heteroatoms. The first-order valence-electron chi connectivity index (χ1n) is 5.80. The molecule has 0 radical (unpaired) electrons. The van der Waals surface area contributed by atoms with Crippen LogP contribution in [0.1, 0.15) is 46.5 Å². The van der Waals surface area contributed by atoms with E-state index in [-0.39, 0.29) is 0 Å². The maximum absolute atomic E-state index is 2.49. The van der Waals surface area contributed by atoms with Crippen LogP contribution in [0.4, 0.5) is 0 Å². The Morgan fingerprint density at radius 3 is 2.29 bits per heavy atom. The van der Waals surface area contributed by atoms with Gasteiger partial charge < -0.3 is 9.80 Å². The Kier molecular flexibility index (Phi) is 4.30. The van der Waals surface area contributed by atoms with Crippen LogP contribution in [-0.4, -0.2) is 30.1 Å². The zero-order valence-corrected chi connectivity index (χ0v) is 10.1. The van der Waals surface area contributed by atoms with E-state index in [1.165, 1.54) is 43.6 Å². The van der Waals surface area contributed by atoms with Crippen LogP contribution in [0.3, 0.4) is 0 Å². The molecule has 1 aliphatic rings. The molecule has 0 saturated carbocycles. The van der Waals surface area contributed by atoms with E-state index < -0.39 is 0 Å². The molecule has 0 spiro atoms. The van der Waals surface area contributed by atoms with Crippen molar-refractivity contribution in [2.45, 2.75) is 46.5 Å². The first kappa shape index (κ1) is 11.4. The highest BCUT2D eigenvalue weighted by Crippen LogP contribution is 2.21. The van der Waals surface area contributed by atoms with Crippen LogP contribution in [0.15, 0.2) is 11.4 Å². The Morgan fingerprint density at radius 2 is 1.79 bits per heavy atom. The fourth-order valence-corrected chi connectivity index (χ4v) is 1.94. The van der Waals surface area contributed by atoms with Crippen molar-refractivity contribution in [1.82, 2.24) is 9.80 Å². The Labute approximate surface area is 88.6 Å². The smallest absolute Gasteiger partial charge is 0.0895 e. The molecule has 0 N–H and O–H groups in total. The molecular formula is C12H24N2. The van der Waals surface area contributed by atoms with Gasteiger partial charge in [0.1, 0.15) is 0 Å². The molecule has 0 amide bonds. The third-order valence-corrected chi connectivity index (χ3v) is 3.23. The lowest BCUT2D eigenvalue weighted by Crippen LogP contribution is -2.25. The van der Waals surface area contributed by atoms with E-state index in [0.29, 0.717) is 0 Å². The minimum Gasteiger partial charge on any atom is -0.359 e. The van der Waals surface area contributed by atoms with E-state index in [4.69, 9.17) is 0 Å². The summed E-state index contributed by atoms with van der Waals surface area (Å²) in [4.78, 5) is 4.82. The van der Waals surface area contributed by atoms with Gasteiger partial charge >= 0.3 is 0 Å². The largest absolute Gasteiger partial charge is 0.359 e.